The van der Waals surface area contributed by atoms with Gasteiger partial charge in [-0.15, -0.1) is 0 Å². The molecule has 0 aromatic heterocycles. The fraction of sp³-hybridized carbons (Fsp3) is 0.300. The zero-order valence-electron chi connectivity index (χ0n) is 9.60. The molecule has 0 saturated heterocycles. The lowest BCUT2D eigenvalue weighted by Crippen LogP contribution is -2.32. The molecule has 18 heavy (non-hydrogen) atoms. The number of hydrogen-bond donors (Lipinski definition) is 2. The van der Waals surface area contributed by atoms with Gasteiger partial charge in [-0.1, -0.05) is 15.9 Å². The Balaban J connectivity index is 2.84. The highest BCUT2D eigenvalue weighted by atomic mass is 79.9. The summed E-state index contributed by atoms with van der Waals surface area (Å²) in [7, 11) is -2.23. The smallest absolute Gasteiger partial charge is 0.299 e. The van der Waals surface area contributed by atoms with Gasteiger partial charge in [-0.2, -0.15) is 18.4 Å². The van der Waals surface area contributed by atoms with Crippen molar-refractivity contribution in [3.05, 3.63) is 28.2 Å². The van der Waals surface area contributed by atoms with Crippen molar-refractivity contribution in [1.29, 1.82) is 5.26 Å². The molecule has 0 spiro atoms. The molecule has 0 unspecified atom stereocenters. The topological polar surface area (TPSA) is 91.2 Å². The number of methoxy groups -OCH3 is 1. The second-order valence-electron chi connectivity index (χ2n) is 3.29. The molecule has 0 saturated carbocycles. The Morgan fingerprint density at radius 2 is 2.22 bits per heavy atom. The molecule has 0 heterocycles. The molecule has 2 N–H and O–H groups in total. The molecule has 1 aromatic carbocycles. The van der Waals surface area contributed by atoms with E-state index >= 15 is 0 Å². The molecule has 0 bridgehead atoms. The standard InChI is InChI=1S/C10H12BrN3O3S/c1-17-5-4-13-18(15,16)14-10-6-9(11)3-2-8(10)7-12/h2-3,6,13-14H,4-5H2,1H3. The van der Waals surface area contributed by atoms with Gasteiger partial charge in [-0.05, 0) is 18.2 Å². The van der Waals surface area contributed by atoms with Crippen LogP contribution in [0, 0.1) is 11.3 Å². The maximum absolute atomic E-state index is 11.7. The predicted molar refractivity (Wildman–Crippen MR) is 71.3 cm³/mol. The van der Waals surface area contributed by atoms with Gasteiger partial charge >= 0.3 is 0 Å². The molecule has 0 amide bonds. The van der Waals surface area contributed by atoms with E-state index in [0.29, 0.717) is 4.47 Å². The van der Waals surface area contributed by atoms with Crippen LogP contribution in [-0.2, 0) is 14.9 Å². The first-order valence-corrected chi connectivity index (χ1v) is 7.22. The molecule has 6 nitrogen and oxygen atoms in total. The Hall–Kier alpha value is -1.14. The molecule has 0 aliphatic carbocycles. The summed E-state index contributed by atoms with van der Waals surface area (Å²) in [5.41, 5.74) is 0.465. The first kappa shape index (κ1) is 14.9. The monoisotopic (exact) mass is 333 g/mol. The Morgan fingerprint density at radius 1 is 1.50 bits per heavy atom. The molecular weight excluding hydrogens is 322 g/mol. The highest BCUT2D eigenvalue weighted by Gasteiger charge is 2.12. The van der Waals surface area contributed by atoms with Gasteiger partial charge in [0, 0.05) is 18.1 Å². The van der Waals surface area contributed by atoms with Gasteiger partial charge in [-0.3, -0.25) is 4.72 Å². The van der Waals surface area contributed by atoms with Crippen LogP contribution >= 0.6 is 15.9 Å². The predicted octanol–water partition coefficient (Wildman–Crippen LogP) is 1.21. The third-order valence-corrected chi connectivity index (χ3v) is 3.51. The summed E-state index contributed by atoms with van der Waals surface area (Å²) in [6, 6.07) is 6.62. The summed E-state index contributed by atoms with van der Waals surface area (Å²) < 4.78 is 33.3. The van der Waals surface area contributed by atoms with Gasteiger partial charge in [0.25, 0.3) is 10.2 Å². The first-order chi connectivity index (χ1) is 8.48. The average molecular weight is 334 g/mol. The van der Waals surface area contributed by atoms with Gasteiger partial charge in [-0.25, -0.2) is 0 Å². The minimum atomic E-state index is -3.71. The lowest BCUT2D eigenvalue weighted by molar-refractivity contribution is 0.204. The van der Waals surface area contributed by atoms with E-state index in [1.54, 1.807) is 6.07 Å². The number of nitrogens with one attached hydrogen (secondary N) is 2. The molecule has 98 valence electrons. The zero-order valence-corrected chi connectivity index (χ0v) is 12.0. The highest BCUT2D eigenvalue weighted by molar-refractivity contribution is 9.10. The Kier molecular flexibility index (Phi) is 5.55. The van der Waals surface area contributed by atoms with Crippen LogP contribution in [0.4, 0.5) is 5.69 Å². The third-order valence-electron chi connectivity index (χ3n) is 1.94. The number of ether oxygens (including phenoxy) is 1. The van der Waals surface area contributed by atoms with Gasteiger partial charge < -0.3 is 4.74 Å². The van der Waals surface area contributed by atoms with Crippen LogP contribution in [0.2, 0.25) is 0 Å². The van der Waals surface area contributed by atoms with Gasteiger partial charge in [0.15, 0.2) is 0 Å². The van der Waals surface area contributed by atoms with Crippen molar-refractivity contribution in [3.8, 4) is 6.07 Å². The molecule has 0 aliphatic rings. The summed E-state index contributed by atoms with van der Waals surface area (Å²) in [6.07, 6.45) is 0. The Bertz CT molecular complexity index is 554. The summed E-state index contributed by atoms with van der Waals surface area (Å²) in [4.78, 5) is 0. The second kappa shape index (κ2) is 6.70. The van der Waals surface area contributed by atoms with Crippen LogP contribution in [0.1, 0.15) is 5.56 Å². The van der Waals surface area contributed by atoms with Gasteiger partial charge in [0.05, 0.1) is 17.9 Å². The van der Waals surface area contributed by atoms with E-state index in [4.69, 9.17) is 10.00 Å². The number of nitriles is 1. The summed E-state index contributed by atoms with van der Waals surface area (Å²) >= 11 is 3.21. The maximum atomic E-state index is 11.7. The quantitative estimate of drug-likeness (QED) is 0.765. The maximum Gasteiger partial charge on any atom is 0.299 e. The minimum absolute atomic E-state index is 0.154. The van der Waals surface area contributed by atoms with Gasteiger partial charge in [0.2, 0.25) is 0 Å². The molecule has 0 radical (unpaired) electrons. The van der Waals surface area contributed by atoms with Crippen molar-refractivity contribution in [3.63, 3.8) is 0 Å². The Morgan fingerprint density at radius 3 is 2.83 bits per heavy atom. The normalized spacial score (nSPS) is 10.9. The van der Waals surface area contributed by atoms with E-state index in [-0.39, 0.29) is 24.4 Å². The van der Waals surface area contributed by atoms with Crippen LogP contribution < -0.4 is 9.44 Å². The van der Waals surface area contributed by atoms with Crippen LogP contribution in [0.25, 0.3) is 0 Å². The largest absolute Gasteiger partial charge is 0.383 e. The van der Waals surface area contributed by atoms with Crippen LogP contribution in [0.15, 0.2) is 22.7 Å². The second-order valence-corrected chi connectivity index (χ2v) is 5.71. The SMILES string of the molecule is COCCNS(=O)(=O)Nc1cc(Br)ccc1C#N. The van der Waals surface area contributed by atoms with Crippen molar-refractivity contribution >= 4 is 31.8 Å². The lowest BCUT2D eigenvalue weighted by atomic mass is 10.2. The van der Waals surface area contributed by atoms with Crippen LogP contribution in [-0.4, -0.2) is 28.7 Å². The molecule has 1 rings (SSSR count). The number of nitrogens with zero attached hydrogens (tertiary/aromatic N) is 1. The van der Waals surface area contributed by atoms with E-state index in [9.17, 15) is 8.42 Å². The highest BCUT2D eigenvalue weighted by Crippen LogP contribution is 2.21. The molecule has 1 aromatic rings. The van der Waals surface area contributed by atoms with E-state index in [2.05, 4.69) is 25.4 Å². The van der Waals surface area contributed by atoms with Crippen molar-refractivity contribution in [2.24, 2.45) is 0 Å². The van der Waals surface area contributed by atoms with Crippen molar-refractivity contribution in [2.75, 3.05) is 25.0 Å². The average Bonchev–Trinajstić information content (AvgIpc) is 2.29. The van der Waals surface area contributed by atoms with E-state index in [0.717, 1.165) is 0 Å². The molecule has 0 fully saturated rings. The summed E-state index contributed by atoms with van der Waals surface area (Å²) in [5, 5.41) is 8.88. The first-order valence-electron chi connectivity index (χ1n) is 4.94. The molecular formula is C10H12BrN3O3S. The van der Waals surface area contributed by atoms with Crippen molar-refractivity contribution in [1.82, 2.24) is 4.72 Å². The lowest BCUT2D eigenvalue weighted by Gasteiger charge is -2.10. The van der Waals surface area contributed by atoms with E-state index in [1.165, 1.54) is 19.2 Å². The number of benzene rings is 1. The summed E-state index contributed by atoms with van der Waals surface area (Å²) in [5.74, 6) is 0. The zero-order chi connectivity index (χ0) is 13.6. The Labute approximate surface area is 114 Å². The van der Waals surface area contributed by atoms with Crippen LogP contribution in [0.5, 0.6) is 0 Å². The third kappa shape index (κ3) is 4.62. The van der Waals surface area contributed by atoms with Gasteiger partial charge in [0.1, 0.15) is 6.07 Å². The van der Waals surface area contributed by atoms with Crippen molar-refractivity contribution < 1.29 is 13.2 Å². The van der Waals surface area contributed by atoms with Crippen molar-refractivity contribution in [2.45, 2.75) is 0 Å². The summed E-state index contributed by atoms with van der Waals surface area (Å²) in [6.45, 7) is 0.423. The number of rotatable bonds is 6. The van der Waals surface area contributed by atoms with Crippen LogP contribution in [0.3, 0.4) is 0 Å². The molecule has 0 aliphatic heterocycles. The number of halogens is 1. The minimum Gasteiger partial charge on any atom is -0.383 e. The fourth-order valence-corrected chi connectivity index (χ4v) is 2.40. The number of hydrogen-bond acceptors (Lipinski definition) is 4. The van der Waals surface area contributed by atoms with E-state index in [1.807, 2.05) is 6.07 Å². The fourth-order valence-electron chi connectivity index (χ4n) is 1.16. The molecule has 8 heteroatoms. The number of anilines is 1. The molecule has 0 atom stereocenters. The van der Waals surface area contributed by atoms with E-state index < -0.39 is 10.2 Å².